The van der Waals surface area contributed by atoms with Crippen LogP contribution in [0.25, 0.3) is 0 Å². The van der Waals surface area contributed by atoms with Crippen LogP contribution in [0, 0.1) is 12.0 Å². The monoisotopic (exact) mass is 182 g/mol. The van der Waals surface area contributed by atoms with Gasteiger partial charge < -0.3 is 5.73 Å². The lowest BCUT2D eigenvalue weighted by atomic mass is 10.2. The number of nitrogens with two attached hydrogens (primary N) is 1. The molecule has 76 valence electrons. The SMILES string of the molecule is CC.NC#CCN1CCCCCC1. The summed E-state index contributed by atoms with van der Waals surface area (Å²) < 4.78 is 0. The first-order chi connectivity index (χ1) is 6.43. The topological polar surface area (TPSA) is 29.3 Å². The van der Waals surface area contributed by atoms with Gasteiger partial charge in [-0.25, -0.2) is 0 Å². The van der Waals surface area contributed by atoms with Gasteiger partial charge in [-0.15, -0.1) is 0 Å². The van der Waals surface area contributed by atoms with Gasteiger partial charge >= 0.3 is 0 Å². The molecular weight excluding hydrogens is 160 g/mol. The zero-order valence-electron chi connectivity index (χ0n) is 8.97. The minimum atomic E-state index is 0.858. The van der Waals surface area contributed by atoms with Crippen LogP contribution < -0.4 is 5.73 Å². The fraction of sp³-hybridized carbons (Fsp3) is 0.818. The Kier molecular flexibility index (Phi) is 8.92. The van der Waals surface area contributed by atoms with Crippen molar-refractivity contribution < 1.29 is 0 Å². The molecule has 0 radical (unpaired) electrons. The Bertz CT molecular complexity index is 147. The van der Waals surface area contributed by atoms with Gasteiger partial charge in [0.2, 0.25) is 0 Å². The Balaban J connectivity index is 0.000000671. The van der Waals surface area contributed by atoms with E-state index in [0.717, 1.165) is 6.54 Å². The second-order valence-corrected chi connectivity index (χ2v) is 3.01. The Morgan fingerprint density at radius 3 is 2.08 bits per heavy atom. The van der Waals surface area contributed by atoms with Gasteiger partial charge in [0, 0.05) is 6.04 Å². The molecule has 0 aromatic heterocycles. The van der Waals surface area contributed by atoms with Crippen molar-refractivity contribution in [3.63, 3.8) is 0 Å². The highest BCUT2D eigenvalue weighted by molar-refractivity contribution is 4.96. The molecule has 0 atom stereocenters. The van der Waals surface area contributed by atoms with Gasteiger partial charge in [0.15, 0.2) is 0 Å². The van der Waals surface area contributed by atoms with Crippen molar-refractivity contribution in [1.29, 1.82) is 0 Å². The smallest absolute Gasteiger partial charge is 0.0619 e. The molecule has 2 N–H and O–H groups in total. The third kappa shape index (κ3) is 6.48. The summed E-state index contributed by atoms with van der Waals surface area (Å²) in [5.41, 5.74) is 5.10. The zero-order chi connectivity index (χ0) is 9.94. The van der Waals surface area contributed by atoms with Gasteiger partial charge in [-0.05, 0) is 25.9 Å². The van der Waals surface area contributed by atoms with Crippen molar-refractivity contribution >= 4 is 0 Å². The third-order valence-corrected chi connectivity index (χ3v) is 2.10. The highest BCUT2D eigenvalue weighted by Gasteiger charge is 2.06. The number of hydrogen-bond acceptors (Lipinski definition) is 2. The Morgan fingerprint density at radius 1 is 1.08 bits per heavy atom. The van der Waals surface area contributed by atoms with Gasteiger partial charge in [0.1, 0.15) is 0 Å². The maximum Gasteiger partial charge on any atom is 0.0619 e. The molecule has 0 amide bonds. The third-order valence-electron chi connectivity index (χ3n) is 2.10. The minimum Gasteiger partial charge on any atom is -0.359 e. The average molecular weight is 182 g/mol. The fourth-order valence-corrected chi connectivity index (χ4v) is 1.45. The maximum absolute atomic E-state index is 5.10. The molecular formula is C11H22N2. The van der Waals surface area contributed by atoms with Gasteiger partial charge in [-0.1, -0.05) is 32.6 Å². The molecule has 1 aliphatic rings. The van der Waals surface area contributed by atoms with E-state index in [1.807, 2.05) is 13.8 Å². The van der Waals surface area contributed by atoms with Gasteiger partial charge in [-0.2, -0.15) is 0 Å². The van der Waals surface area contributed by atoms with Crippen molar-refractivity contribution in [3.05, 3.63) is 0 Å². The second-order valence-electron chi connectivity index (χ2n) is 3.01. The molecule has 0 spiro atoms. The molecule has 0 unspecified atom stereocenters. The van der Waals surface area contributed by atoms with E-state index in [0.29, 0.717) is 0 Å². The van der Waals surface area contributed by atoms with E-state index in [9.17, 15) is 0 Å². The van der Waals surface area contributed by atoms with E-state index >= 15 is 0 Å². The van der Waals surface area contributed by atoms with E-state index in [-0.39, 0.29) is 0 Å². The molecule has 0 saturated carbocycles. The van der Waals surface area contributed by atoms with Crippen molar-refractivity contribution in [1.82, 2.24) is 4.90 Å². The molecule has 2 nitrogen and oxygen atoms in total. The highest BCUT2D eigenvalue weighted by Crippen LogP contribution is 2.08. The predicted octanol–water partition coefficient (Wildman–Crippen LogP) is 1.81. The summed E-state index contributed by atoms with van der Waals surface area (Å²) in [7, 11) is 0. The summed E-state index contributed by atoms with van der Waals surface area (Å²) in [4.78, 5) is 2.38. The number of hydrogen-bond donors (Lipinski definition) is 1. The lowest BCUT2D eigenvalue weighted by Gasteiger charge is -2.15. The Labute approximate surface area is 82.5 Å². The van der Waals surface area contributed by atoms with Gasteiger partial charge in [0.25, 0.3) is 0 Å². The normalized spacial score (nSPS) is 17.4. The average Bonchev–Trinajstić information content (AvgIpc) is 2.46. The predicted molar refractivity (Wildman–Crippen MR) is 58.2 cm³/mol. The molecule has 0 bridgehead atoms. The molecule has 2 heteroatoms. The molecule has 1 saturated heterocycles. The minimum absolute atomic E-state index is 0.858. The number of rotatable bonds is 1. The van der Waals surface area contributed by atoms with Crippen LogP contribution in [0.2, 0.25) is 0 Å². The summed E-state index contributed by atoms with van der Waals surface area (Å²) in [6.45, 7) is 7.26. The second kappa shape index (κ2) is 9.41. The van der Waals surface area contributed by atoms with Crippen LogP contribution in [0.4, 0.5) is 0 Å². The van der Waals surface area contributed by atoms with Crippen LogP contribution in [0.5, 0.6) is 0 Å². The van der Waals surface area contributed by atoms with E-state index in [4.69, 9.17) is 5.73 Å². The van der Waals surface area contributed by atoms with Crippen LogP contribution >= 0.6 is 0 Å². The summed E-state index contributed by atoms with van der Waals surface area (Å²) in [6.07, 6.45) is 5.41. The van der Waals surface area contributed by atoms with Gasteiger partial charge in [0.05, 0.1) is 6.54 Å². The highest BCUT2D eigenvalue weighted by atomic mass is 15.1. The number of likely N-dealkylation sites (tertiary alicyclic amines) is 1. The molecule has 1 aliphatic heterocycles. The molecule has 13 heavy (non-hydrogen) atoms. The maximum atomic E-state index is 5.10. The first-order valence-corrected chi connectivity index (χ1v) is 5.34. The van der Waals surface area contributed by atoms with Crippen molar-refractivity contribution in [2.75, 3.05) is 19.6 Å². The van der Waals surface area contributed by atoms with E-state index in [2.05, 4.69) is 16.9 Å². The largest absolute Gasteiger partial charge is 0.359 e. The van der Waals surface area contributed by atoms with E-state index < -0.39 is 0 Å². The first kappa shape index (κ1) is 12.3. The quantitative estimate of drug-likeness (QED) is 0.495. The zero-order valence-corrected chi connectivity index (χ0v) is 8.97. The van der Waals surface area contributed by atoms with E-state index in [1.165, 1.54) is 38.8 Å². The Hall–Kier alpha value is -0.680. The molecule has 1 rings (SSSR count). The lowest BCUT2D eigenvalue weighted by molar-refractivity contribution is 0.320. The first-order valence-electron chi connectivity index (χ1n) is 5.34. The van der Waals surface area contributed by atoms with Crippen LogP contribution in [0.1, 0.15) is 39.5 Å². The van der Waals surface area contributed by atoms with Crippen LogP contribution in [0.3, 0.4) is 0 Å². The summed E-state index contributed by atoms with van der Waals surface area (Å²) in [6, 6.07) is 2.44. The lowest BCUT2D eigenvalue weighted by Crippen LogP contribution is -2.24. The van der Waals surface area contributed by atoms with E-state index in [1.54, 1.807) is 0 Å². The fourth-order valence-electron chi connectivity index (χ4n) is 1.45. The molecule has 0 aliphatic carbocycles. The van der Waals surface area contributed by atoms with Gasteiger partial charge in [-0.3, -0.25) is 4.90 Å². The molecule has 0 aromatic rings. The van der Waals surface area contributed by atoms with Crippen molar-refractivity contribution in [3.8, 4) is 12.0 Å². The summed E-state index contributed by atoms with van der Waals surface area (Å²) in [5, 5.41) is 0. The van der Waals surface area contributed by atoms with Crippen LogP contribution in [-0.2, 0) is 0 Å². The molecule has 1 fully saturated rings. The summed E-state index contributed by atoms with van der Waals surface area (Å²) >= 11 is 0. The van der Waals surface area contributed by atoms with Crippen LogP contribution in [-0.4, -0.2) is 24.5 Å². The molecule has 0 aromatic carbocycles. The van der Waals surface area contributed by atoms with Crippen molar-refractivity contribution in [2.45, 2.75) is 39.5 Å². The molecule has 1 heterocycles. The number of nitrogens with zero attached hydrogens (tertiary/aromatic N) is 1. The van der Waals surface area contributed by atoms with Crippen molar-refractivity contribution in [2.24, 2.45) is 5.73 Å². The summed E-state index contributed by atoms with van der Waals surface area (Å²) in [5.74, 6) is 2.90. The standard InChI is InChI=1S/C9H16N2.C2H6/c10-6-5-9-11-7-3-1-2-4-8-11;1-2/h1-4,7-10H2;1-2H3. The van der Waals surface area contributed by atoms with Crippen LogP contribution in [0.15, 0.2) is 0 Å². The Morgan fingerprint density at radius 2 is 1.62 bits per heavy atom.